The predicted octanol–water partition coefficient (Wildman–Crippen LogP) is -0.318. The minimum atomic E-state index is -0.986. The van der Waals surface area contributed by atoms with Crippen molar-refractivity contribution in [3.05, 3.63) is 0 Å². The first kappa shape index (κ1) is 36.7. The van der Waals surface area contributed by atoms with E-state index < -0.39 is 30.1 Å². The molecule has 0 bridgehead atoms. The summed E-state index contributed by atoms with van der Waals surface area (Å²) in [6.45, 7) is 5.00. The molecule has 190 valence electrons. The summed E-state index contributed by atoms with van der Waals surface area (Å²) in [5, 5.41) is 16.9. The van der Waals surface area contributed by atoms with Gasteiger partial charge in [-0.25, -0.2) is 4.39 Å². The number of rotatable bonds is 6. The van der Waals surface area contributed by atoms with Gasteiger partial charge in [-0.1, -0.05) is 0 Å². The fourth-order valence-electron chi connectivity index (χ4n) is 2.80. The SMILES string of the molecule is CC(=O)C1(CF)CC1.CC(=O)C1(CO)CC1.CC1CCCO1.O.O=C(O)C1(CF)CC1.[Li+].[OH-]. The topological polar surface area (TPSA) is 162 Å². The van der Waals surface area contributed by atoms with Crippen LogP contribution in [-0.4, -0.2) is 71.4 Å². The number of aliphatic hydroxyl groups excluding tert-OH is 1. The molecule has 1 saturated heterocycles. The van der Waals surface area contributed by atoms with Gasteiger partial charge < -0.3 is 25.9 Å². The maximum absolute atomic E-state index is 11.9. The molecule has 1 unspecified atom stereocenters. The summed E-state index contributed by atoms with van der Waals surface area (Å²) >= 11 is 0. The standard InChI is InChI=1S/C6H9FO.C6H10O2.C5H7FO2.C5H10O.Li.2H2O/c2*1-5(8)6(4-7)2-3-6;6-3-5(1-2-5)4(7)8;1-5-3-2-4-6-5;;;/h2-4H2,1H3;7H,2-4H2,1H3;1-3H2,(H,7,8);5H,2-4H2,1H3;;2*1H2/q;;;;+1;;/p-1. The maximum atomic E-state index is 11.9. The van der Waals surface area contributed by atoms with Crippen LogP contribution in [0.25, 0.3) is 0 Å². The first-order chi connectivity index (χ1) is 14.0. The zero-order valence-electron chi connectivity index (χ0n) is 20.3. The van der Waals surface area contributed by atoms with Crippen LogP contribution in [0.4, 0.5) is 8.78 Å². The van der Waals surface area contributed by atoms with E-state index in [9.17, 15) is 23.2 Å². The van der Waals surface area contributed by atoms with Gasteiger partial charge in [0.2, 0.25) is 0 Å². The third kappa shape index (κ3) is 11.4. The van der Waals surface area contributed by atoms with Crippen LogP contribution in [0.1, 0.15) is 72.1 Å². The van der Waals surface area contributed by atoms with Gasteiger partial charge in [0.05, 0.1) is 29.0 Å². The Hall–Kier alpha value is -0.893. The average molecular weight is 476 g/mol. The van der Waals surface area contributed by atoms with Crippen molar-refractivity contribution in [3.63, 3.8) is 0 Å². The number of halogens is 2. The van der Waals surface area contributed by atoms with E-state index in [-0.39, 0.29) is 53.4 Å². The van der Waals surface area contributed by atoms with Crippen molar-refractivity contribution in [2.45, 2.75) is 78.2 Å². The summed E-state index contributed by atoms with van der Waals surface area (Å²) in [7, 11) is 0. The van der Waals surface area contributed by atoms with E-state index in [0.717, 1.165) is 32.3 Å². The van der Waals surface area contributed by atoms with Gasteiger partial charge in [0.15, 0.2) is 0 Å². The van der Waals surface area contributed by atoms with E-state index in [1.807, 2.05) is 0 Å². The van der Waals surface area contributed by atoms with Crippen LogP contribution < -0.4 is 18.9 Å². The van der Waals surface area contributed by atoms with Crippen LogP contribution in [0.2, 0.25) is 0 Å². The van der Waals surface area contributed by atoms with E-state index in [2.05, 4.69) is 6.92 Å². The minimum Gasteiger partial charge on any atom is -0.870 e. The average Bonchev–Trinajstić information content (AvgIpc) is 3.63. The molecule has 1 aliphatic heterocycles. The number of hydrogen-bond donors (Lipinski definition) is 2. The Kier molecular flexibility index (Phi) is 17.7. The van der Waals surface area contributed by atoms with Crippen molar-refractivity contribution in [1.82, 2.24) is 0 Å². The van der Waals surface area contributed by atoms with E-state index in [4.69, 9.17) is 14.9 Å². The van der Waals surface area contributed by atoms with Crippen molar-refractivity contribution in [3.8, 4) is 0 Å². The summed E-state index contributed by atoms with van der Waals surface area (Å²) in [4.78, 5) is 31.2. The van der Waals surface area contributed by atoms with Crippen molar-refractivity contribution in [2.75, 3.05) is 26.6 Å². The van der Waals surface area contributed by atoms with Crippen molar-refractivity contribution < 1.29 is 67.9 Å². The second-order valence-corrected chi connectivity index (χ2v) is 9.01. The zero-order chi connectivity index (χ0) is 23.0. The molecule has 0 aromatic carbocycles. The molecule has 33 heavy (non-hydrogen) atoms. The minimum absolute atomic E-state index is 0. The number of ether oxygens (including phenoxy) is 1. The molecule has 0 radical (unpaired) electrons. The second-order valence-electron chi connectivity index (χ2n) is 9.01. The Morgan fingerprint density at radius 2 is 1.30 bits per heavy atom. The van der Waals surface area contributed by atoms with Crippen LogP contribution in [0.3, 0.4) is 0 Å². The van der Waals surface area contributed by atoms with Crippen LogP contribution in [0.15, 0.2) is 0 Å². The van der Waals surface area contributed by atoms with Gasteiger partial charge in [-0.3, -0.25) is 18.8 Å². The fraction of sp³-hybridized carbons (Fsp3) is 0.864. The number of carbonyl (C=O) groups is 3. The van der Waals surface area contributed by atoms with Gasteiger partial charge in [0.25, 0.3) is 0 Å². The monoisotopic (exact) mass is 476 g/mol. The fourth-order valence-corrected chi connectivity index (χ4v) is 2.80. The molecule has 1 heterocycles. The molecule has 0 aromatic rings. The molecule has 11 heteroatoms. The smallest absolute Gasteiger partial charge is 0.870 e. The maximum Gasteiger partial charge on any atom is 1.00 e. The van der Waals surface area contributed by atoms with Crippen molar-refractivity contribution >= 4 is 17.5 Å². The summed E-state index contributed by atoms with van der Waals surface area (Å²) in [5.74, 6) is -0.833. The van der Waals surface area contributed by atoms with Gasteiger partial charge in [-0.05, 0) is 72.1 Å². The van der Waals surface area contributed by atoms with Gasteiger partial charge in [-0.15, -0.1) is 0 Å². The molecule has 0 spiro atoms. The Labute approximate surface area is 206 Å². The first-order valence-electron chi connectivity index (χ1n) is 10.6. The molecule has 5 N–H and O–H groups in total. The van der Waals surface area contributed by atoms with E-state index in [1.54, 1.807) is 6.92 Å². The molecule has 0 aromatic heterocycles. The van der Waals surface area contributed by atoms with E-state index in [0.29, 0.717) is 18.9 Å². The Morgan fingerprint density at radius 1 is 0.909 bits per heavy atom. The molecule has 4 aliphatic rings. The summed E-state index contributed by atoms with van der Waals surface area (Å²) in [6.07, 6.45) is 7.40. The third-order valence-electron chi connectivity index (χ3n) is 6.48. The second kappa shape index (κ2) is 15.9. The van der Waals surface area contributed by atoms with Gasteiger partial charge in [-0.2, -0.15) is 0 Å². The number of aliphatic hydroxyl groups is 1. The Morgan fingerprint density at radius 3 is 1.33 bits per heavy atom. The molecular formula is C22H39F2LiO8. The zero-order valence-corrected chi connectivity index (χ0v) is 20.3. The number of Topliss-reactive ketones (excluding diaryl/α,β-unsaturated/α-hetero) is 2. The van der Waals surface area contributed by atoms with E-state index >= 15 is 0 Å². The predicted molar refractivity (Wildman–Crippen MR) is 113 cm³/mol. The third-order valence-corrected chi connectivity index (χ3v) is 6.48. The van der Waals surface area contributed by atoms with Crippen molar-refractivity contribution in [2.24, 2.45) is 16.2 Å². The van der Waals surface area contributed by atoms with Crippen LogP contribution in [-0.2, 0) is 19.1 Å². The quantitative estimate of drug-likeness (QED) is 0.496. The number of alkyl halides is 2. The Bertz CT molecular complexity index is 528. The number of carboxylic acids is 1. The number of ketones is 2. The molecule has 4 rings (SSSR count). The molecule has 3 saturated carbocycles. The number of aliphatic carboxylic acids is 1. The Balaban J connectivity index is -0.000000355. The van der Waals surface area contributed by atoms with Crippen LogP contribution >= 0.6 is 0 Å². The van der Waals surface area contributed by atoms with Gasteiger partial charge >= 0.3 is 24.8 Å². The summed E-state index contributed by atoms with van der Waals surface area (Å²) in [5.41, 5.74) is -1.76. The van der Waals surface area contributed by atoms with Gasteiger partial charge in [0, 0.05) is 6.61 Å². The van der Waals surface area contributed by atoms with Gasteiger partial charge in [0.1, 0.15) is 24.9 Å². The number of carbonyl (C=O) groups excluding carboxylic acids is 2. The normalized spacial score (nSPS) is 22.8. The largest absolute Gasteiger partial charge is 1.00 e. The first-order valence-corrected chi connectivity index (χ1v) is 10.6. The number of hydrogen-bond acceptors (Lipinski definition) is 6. The molecule has 0 amide bonds. The van der Waals surface area contributed by atoms with Crippen LogP contribution in [0, 0.1) is 16.2 Å². The molecule has 3 aliphatic carbocycles. The molecule has 8 nitrogen and oxygen atoms in total. The molecular weight excluding hydrogens is 437 g/mol. The van der Waals surface area contributed by atoms with Crippen molar-refractivity contribution in [1.29, 1.82) is 0 Å². The number of carboxylic acid groups (broad SMARTS) is 1. The summed E-state index contributed by atoms with van der Waals surface area (Å²) in [6, 6.07) is 0. The molecule has 4 fully saturated rings. The summed E-state index contributed by atoms with van der Waals surface area (Å²) < 4.78 is 28.7. The molecule has 1 atom stereocenters. The van der Waals surface area contributed by atoms with Crippen LogP contribution in [0.5, 0.6) is 0 Å². The van der Waals surface area contributed by atoms with E-state index in [1.165, 1.54) is 19.8 Å².